The van der Waals surface area contributed by atoms with Crippen LogP contribution in [0.2, 0.25) is 5.02 Å². The second kappa shape index (κ2) is 6.69. The number of nitrogens with zero attached hydrogens (tertiary/aromatic N) is 1. The standard InChI is InChI=1S/C16H17ClFN/c1-2-19(11-13-7-4-3-5-8-13)12-14-15(17)9-6-10-16(14)18/h3-10H,2,11-12H2,1H3. The molecule has 19 heavy (non-hydrogen) atoms. The van der Waals surface area contributed by atoms with Crippen LogP contribution in [0.3, 0.4) is 0 Å². The molecule has 0 saturated heterocycles. The molecule has 2 rings (SSSR count). The van der Waals surface area contributed by atoms with E-state index in [-0.39, 0.29) is 5.82 Å². The molecule has 100 valence electrons. The summed E-state index contributed by atoms with van der Waals surface area (Å²) in [6.45, 7) is 4.23. The zero-order valence-electron chi connectivity index (χ0n) is 10.9. The van der Waals surface area contributed by atoms with E-state index in [0.29, 0.717) is 17.1 Å². The molecule has 0 aliphatic carbocycles. The van der Waals surface area contributed by atoms with E-state index in [2.05, 4.69) is 24.0 Å². The molecule has 0 aromatic heterocycles. The van der Waals surface area contributed by atoms with Gasteiger partial charge in [0.1, 0.15) is 5.82 Å². The molecule has 0 unspecified atom stereocenters. The van der Waals surface area contributed by atoms with E-state index >= 15 is 0 Å². The maximum atomic E-state index is 13.8. The third kappa shape index (κ3) is 3.79. The topological polar surface area (TPSA) is 3.24 Å². The van der Waals surface area contributed by atoms with Crippen LogP contribution in [0, 0.1) is 5.82 Å². The van der Waals surface area contributed by atoms with Crippen molar-refractivity contribution in [2.75, 3.05) is 6.54 Å². The van der Waals surface area contributed by atoms with E-state index in [4.69, 9.17) is 11.6 Å². The summed E-state index contributed by atoms with van der Waals surface area (Å²) in [6, 6.07) is 15.0. The Balaban J connectivity index is 2.11. The molecular weight excluding hydrogens is 261 g/mol. The molecule has 0 aliphatic heterocycles. The van der Waals surface area contributed by atoms with Crippen LogP contribution in [-0.2, 0) is 13.1 Å². The molecule has 0 amide bonds. The Labute approximate surface area is 118 Å². The van der Waals surface area contributed by atoms with Crippen molar-refractivity contribution in [2.24, 2.45) is 0 Å². The van der Waals surface area contributed by atoms with E-state index in [9.17, 15) is 4.39 Å². The van der Waals surface area contributed by atoms with Crippen LogP contribution in [0.4, 0.5) is 4.39 Å². The van der Waals surface area contributed by atoms with E-state index in [1.807, 2.05) is 18.2 Å². The highest BCUT2D eigenvalue weighted by Gasteiger charge is 2.11. The van der Waals surface area contributed by atoms with Gasteiger partial charge < -0.3 is 0 Å². The molecule has 0 saturated carbocycles. The summed E-state index contributed by atoms with van der Waals surface area (Å²) in [5, 5.41) is 0.492. The zero-order chi connectivity index (χ0) is 13.7. The van der Waals surface area contributed by atoms with Gasteiger partial charge in [0.15, 0.2) is 0 Å². The van der Waals surface area contributed by atoms with Crippen molar-refractivity contribution in [3.05, 3.63) is 70.5 Å². The van der Waals surface area contributed by atoms with Crippen LogP contribution < -0.4 is 0 Å². The van der Waals surface area contributed by atoms with Crippen molar-refractivity contribution >= 4 is 11.6 Å². The Bertz CT molecular complexity index is 507. The zero-order valence-corrected chi connectivity index (χ0v) is 11.7. The first-order valence-electron chi connectivity index (χ1n) is 6.40. The molecule has 0 radical (unpaired) electrons. The minimum atomic E-state index is -0.237. The molecule has 0 fully saturated rings. The lowest BCUT2D eigenvalue weighted by Crippen LogP contribution is -2.23. The molecule has 0 N–H and O–H groups in total. The summed E-state index contributed by atoms with van der Waals surface area (Å²) in [6.07, 6.45) is 0. The van der Waals surface area contributed by atoms with E-state index in [1.165, 1.54) is 11.6 Å². The predicted molar refractivity (Wildman–Crippen MR) is 77.6 cm³/mol. The maximum absolute atomic E-state index is 13.8. The lowest BCUT2D eigenvalue weighted by Gasteiger charge is -2.21. The SMILES string of the molecule is CCN(Cc1ccccc1)Cc1c(F)cccc1Cl. The van der Waals surface area contributed by atoms with Crippen molar-refractivity contribution < 1.29 is 4.39 Å². The van der Waals surface area contributed by atoms with Crippen LogP contribution in [0.25, 0.3) is 0 Å². The number of hydrogen-bond donors (Lipinski definition) is 0. The second-order valence-corrected chi connectivity index (χ2v) is 4.90. The van der Waals surface area contributed by atoms with Crippen LogP contribution in [0.15, 0.2) is 48.5 Å². The lowest BCUT2D eigenvalue weighted by atomic mass is 10.1. The number of halogens is 2. The van der Waals surface area contributed by atoms with Gasteiger partial charge >= 0.3 is 0 Å². The Morgan fingerprint density at radius 3 is 2.37 bits per heavy atom. The molecule has 3 heteroatoms. The van der Waals surface area contributed by atoms with Crippen molar-refractivity contribution in [1.29, 1.82) is 0 Å². The smallest absolute Gasteiger partial charge is 0.129 e. The summed E-state index contributed by atoms with van der Waals surface area (Å²) in [4.78, 5) is 2.17. The third-order valence-electron chi connectivity index (χ3n) is 3.14. The van der Waals surface area contributed by atoms with Crippen molar-refractivity contribution in [3.63, 3.8) is 0 Å². The first-order valence-corrected chi connectivity index (χ1v) is 6.77. The van der Waals surface area contributed by atoms with Gasteiger partial charge in [-0.2, -0.15) is 0 Å². The average molecular weight is 278 g/mol. The van der Waals surface area contributed by atoms with Crippen LogP contribution in [0.1, 0.15) is 18.1 Å². The van der Waals surface area contributed by atoms with Gasteiger partial charge in [0.2, 0.25) is 0 Å². The van der Waals surface area contributed by atoms with Crippen LogP contribution in [-0.4, -0.2) is 11.4 Å². The number of hydrogen-bond acceptors (Lipinski definition) is 1. The van der Waals surface area contributed by atoms with E-state index < -0.39 is 0 Å². The summed E-state index contributed by atoms with van der Waals surface area (Å²) >= 11 is 6.07. The van der Waals surface area contributed by atoms with Gasteiger partial charge in [0.05, 0.1) is 0 Å². The minimum absolute atomic E-state index is 0.237. The van der Waals surface area contributed by atoms with Crippen LogP contribution in [0.5, 0.6) is 0 Å². The Morgan fingerprint density at radius 1 is 1.00 bits per heavy atom. The number of rotatable bonds is 5. The van der Waals surface area contributed by atoms with Gasteiger partial charge in [-0.3, -0.25) is 4.90 Å². The first kappa shape index (κ1) is 14.0. The molecule has 0 spiro atoms. The average Bonchev–Trinajstić information content (AvgIpc) is 2.43. The Morgan fingerprint density at radius 2 is 1.74 bits per heavy atom. The lowest BCUT2D eigenvalue weighted by molar-refractivity contribution is 0.267. The first-order chi connectivity index (χ1) is 9.20. The van der Waals surface area contributed by atoms with Crippen molar-refractivity contribution in [2.45, 2.75) is 20.0 Å². The molecule has 0 aliphatic rings. The molecule has 0 bridgehead atoms. The van der Waals surface area contributed by atoms with Gasteiger partial charge in [-0.15, -0.1) is 0 Å². The highest BCUT2D eigenvalue weighted by atomic mass is 35.5. The fourth-order valence-corrected chi connectivity index (χ4v) is 2.25. The van der Waals surface area contributed by atoms with Gasteiger partial charge in [-0.1, -0.05) is 54.9 Å². The Hall–Kier alpha value is -1.38. The summed E-state index contributed by atoms with van der Waals surface area (Å²) < 4.78 is 13.8. The summed E-state index contributed by atoms with van der Waals surface area (Å²) in [5.41, 5.74) is 1.79. The van der Waals surface area contributed by atoms with Gasteiger partial charge in [0.25, 0.3) is 0 Å². The van der Waals surface area contributed by atoms with Crippen molar-refractivity contribution in [1.82, 2.24) is 4.90 Å². The van der Waals surface area contributed by atoms with Crippen LogP contribution >= 0.6 is 11.6 Å². The highest BCUT2D eigenvalue weighted by molar-refractivity contribution is 6.31. The Kier molecular flexibility index (Phi) is 4.94. The molecule has 1 nitrogen and oxygen atoms in total. The predicted octanol–water partition coefficient (Wildman–Crippen LogP) is 4.50. The normalized spacial score (nSPS) is 10.9. The molecular formula is C16H17ClFN. The number of benzene rings is 2. The summed E-state index contributed by atoms with van der Waals surface area (Å²) in [5.74, 6) is -0.237. The molecule has 0 atom stereocenters. The third-order valence-corrected chi connectivity index (χ3v) is 3.49. The summed E-state index contributed by atoms with van der Waals surface area (Å²) in [7, 11) is 0. The van der Waals surface area contributed by atoms with E-state index in [1.54, 1.807) is 12.1 Å². The molecule has 2 aromatic rings. The van der Waals surface area contributed by atoms with Gasteiger partial charge in [-0.05, 0) is 24.2 Å². The highest BCUT2D eigenvalue weighted by Crippen LogP contribution is 2.21. The van der Waals surface area contributed by atoms with Crippen molar-refractivity contribution in [3.8, 4) is 0 Å². The monoisotopic (exact) mass is 277 g/mol. The fraction of sp³-hybridized carbons (Fsp3) is 0.250. The quantitative estimate of drug-likeness (QED) is 0.778. The fourth-order valence-electron chi connectivity index (χ4n) is 2.03. The van der Waals surface area contributed by atoms with Gasteiger partial charge in [0, 0.05) is 23.7 Å². The minimum Gasteiger partial charge on any atom is -0.295 e. The maximum Gasteiger partial charge on any atom is 0.129 e. The van der Waals surface area contributed by atoms with E-state index in [0.717, 1.165) is 13.1 Å². The molecule has 0 heterocycles. The second-order valence-electron chi connectivity index (χ2n) is 4.49. The largest absolute Gasteiger partial charge is 0.295 e. The van der Waals surface area contributed by atoms with Gasteiger partial charge in [-0.25, -0.2) is 4.39 Å². The molecule has 2 aromatic carbocycles.